The smallest absolute Gasteiger partial charge is 0.261 e. The van der Waals surface area contributed by atoms with Crippen molar-refractivity contribution in [2.75, 3.05) is 4.72 Å². The highest BCUT2D eigenvalue weighted by Gasteiger charge is 2.16. The molecule has 0 saturated carbocycles. The standard InChI is InChI=1S/C23H24N2O3S/c1-16-8-9-20(18(3)14-16)15-24-23(26)19-10-12-21(13-11-19)29(27,28)25-22-7-5-4-6-17(22)2/h4-14,25H,15H2,1-3H3,(H,24,26). The van der Waals surface area contributed by atoms with E-state index in [2.05, 4.69) is 16.1 Å². The number of aryl methyl sites for hydroxylation is 3. The van der Waals surface area contributed by atoms with Gasteiger partial charge in [-0.3, -0.25) is 9.52 Å². The molecule has 3 aromatic carbocycles. The fourth-order valence-electron chi connectivity index (χ4n) is 3.00. The summed E-state index contributed by atoms with van der Waals surface area (Å²) in [5.41, 5.74) is 5.11. The second-order valence-electron chi connectivity index (χ2n) is 7.06. The monoisotopic (exact) mass is 408 g/mol. The van der Waals surface area contributed by atoms with Crippen molar-refractivity contribution in [2.45, 2.75) is 32.2 Å². The molecule has 29 heavy (non-hydrogen) atoms. The van der Waals surface area contributed by atoms with Crippen LogP contribution in [-0.2, 0) is 16.6 Å². The Morgan fingerprint density at radius 1 is 0.862 bits per heavy atom. The Balaban J connectivity index is 1.69. The molecule has 0 spiro atoms. The summed E-state index contributed by atoms with van der Waals surface area (Å²) < 4.78 is 27.8. The maximum atomic E-state index is 12.6. The Bertz CT molecular complexity index is 1140. The lowest BCUT2D eigenvalue weighted by Gasteiger charge is -2.11. The molecule has 0 fully saturated rings. The van der Waals surface area contributed by atoms with Crippen LogP contribution in [0.1, 0.15) is 32.6 Å². The van der Waals surface area contributed by atoms with Crippen molar-refractivity contribution in [2.24, 2.45) is 0 Å². The van der Waals surface area contributed by atoms with Gasteiger partial charge in [-0.1, -0.05) is 42.0 Å². The first-order chi connectivity index (χ1) is 13.8. The van der Waals surface area contributed by atoms with E-state index in [0.29, 0.717) is 17.8 Å². The van der Waals surface area contributed by atoms with Crippen LogP contribution in [0.4, 0.5) is 5.69 Å². The molecule has 150 valence electrons. The number of hydrogen-bond acceptors (Lipinski definition) is 3. The second kappa shape index (κ2) is 8.49. The lowest BCUT2D eigenvalue weighted by Crippen LogP contribution is -2.23. The molecule has 0 aliphatic carbocycles. The number of sulfonamides is 1. The van der Waals surface area contributed by atoms with E-state index in [0.717, 1.165) is 16.7 Å². The maximum Gasteiger partial charge on any atom is 0.261 e. The van der Waals surface area contributed by atoms with Gasteiger partial charge in [0.1, 0.15) is 0 Å². The molecule has 0 atom stereocenters. The topological polar surface area (TPSA) is 75.3 Å². The summed E-state index contributed by atoms with van der Waals surface area (Å²) in [5, 5.41) is 2.88. The molecule has 0 aromatic heterocycles. The summed E-state index contributed by atoms with van der Waals surface area (Å²) in [7, 11) is -3.72. The van der Waals surface area contributed by atoms with Crippen LogP contribution in [0.15, 0.2) is 71.6 Å². The van der Waals surface area contributed by atoms with Gasteiger partial charge in [0.2, 0.25) is 0 Å². The zero-order valence-electron chi connectivity index (χ0n) is 16.7. The SMILES string of the molecule is Cc1ccc(CNC(=O)c2ccc(S(=O)(=O)Nc3ccccc3C)cc2)c(C)c1. The summed E-state index contributed by atoms with van der Waals surface area (Å²) in [6.07, 6.45) is 0. The van der Waals surface area contributed by atoms with E-state index in [1.807, 2.05) is 45.0 Å². The number of amides is 1. The van der Waals surface area contributed by atoms with Gasteiger partial charge in [-0.25, -0.2) is 8.42 Å². The quantitative estimate of drug-likeness (QED) is 0.637. The summed E-state index contributed by atoms with van der Waals surface area (Å²) in [5.74, 6) is -0.249. The number of benzene rings is 3. The van der Waals surface area contributed by atoms with E-state index < -0.39 is 10.0 Å². The van der Waals surface area contributed by atoms with Gasteiger partial charge in [0.15, 0.2) is 0 Å². The number of hydrogen-bond donors (Lipinski definition) is 2. The highest BCUT2D eigenvalue weighted by atomic mass is 32.2. The zero-order valence-corrected chi connectivity index (χ0v) is 17.5. The van der Waals surface area contributed by atoms with Crippen molar-refractivity contribution >= 4 is 21.6 Å². The Morgan fingerprint density at radius 3 is 2.21 bits per heavy atom. The Kier molecular flexibility index (Phi) is 6.03. The van der Waals surface area contributed by atoms with E-state index in [1.165, 1.54) is 29.8 Å². The molecule has 0 aliphatic rings. The second-order valence-corrected chi connectivity index (χ2v) is 8.74. The number of para-hydroxylation sites is 1. The maximum absolute atomic E-state index is 12.6. The molecule has 0 unspecified atom stereocenters. The van der Waals surface area contributed by atoms with Crippen molar-refractivity contribution in [3.05, 3.63) is 94.5 Å². The van der Waals surface area contributed by atoms with E-state index in [4.69, 9.17) is 0 Å². The first-order valence-corrected chi connectivity index (χ1v) is 10.8. The van der Waals surface area contributed by atoms with Crippen molar-refractivity contribution in [1.82, 2.24) is 5.32 Å². The highest BCUT2D eigenvalue weighted by Crippen LogP contribution is 2.19. The molecule has 0 aliphatic heterocycles. The minimum atomic E-state index is -3.72. The predicted octanol–water partition coefficient (Wildman–Crippen LogP) is 4.34. The van der Waals surface area contributed by atoms with Crippen molar-refractivity contribution in [3.8, 4) is 0 Å². The van der Waals surface area contributed by atoms with Crippen molar-refractivity contribution in [1.29, 1.82) is 0 Å². The van der Waals surface area contributed by atoms with Crippen LogP contribution in [0.2, 0.25) is 0 Å². The minimum absolute atomic E-state index is 0.103. The molecule has 0 saturated heterocycles. The molecule has 3 rings (SSSR count). The van der Waals surface area contributed by atoms with Crippen LogP contribution in [0.25, 0.3) is 0 Å². The predicted molar refractivity (Wildman–Crippen MR) is 116 cm³/mol. The summed E-state index contributed by atoms with van der Waals surface area (Å²) in [6, 6.07) is 19.2. The Labute approximate surface area is 171 Å². The van der Waals surface area contributed by atoms with E-state index >= 15 is 0 Å². The molecule has 5 nitrogen and oxygen atoms in total. The first kappa shape index (κ1) is 20.6. The van der Waals surface area contributed by atoms with Crippen LogP contribution in [-0.4, -0.2) is 14.3 Å². The summed E-state index contributed by atoms with van der Waals surface area (Å²) >= 11 is 0. The molecule has 0 radical (unpaired) electrons. The normalized spacial score (nSPS) is 11.1. The zero-order chi connectivity index (χ0) is 21.0. The van der Waals surface area contributed by atoms with Gasteiger partial charge in [0, 0.05) is 12.1 Å². The van der Waals surface area contributed by atoms with E-state index in [1.54, 1.807) is 12.1 Å². The van der Waals surface area contributed by atoms with Gasteiger partial charge in [-0.15, -0.1) is 0 Å². The number of rotatable bonds is 6. The third-order valence-electron chi connectivity index (χ3n) is 4.75. The molecular weight excluding hydrogens is 384 g/mol. The van der Waals surface area contributed by atoms with Gasteiger partial charge < -0.3 is 5.32 Å². The van der Waals surface area contributed by atoms with E-state index in [-0.39, 0.29) is 10.8 Å². The van der Waals surface area contributed by atoms with Crippen molar-refractivity contribution in [3.63, 3.8) is 0 Å². The number of anilines is 1. The lowest BCUT2D eigenvalue weighted by molar-refractivity contribution is 0.0951. The number of carbonyl (C=O) groups excluding carboxylic acids is 1. The van der Waals surface area contributed by atoms with Gasteiger partial charge in [0.25, 0.3) is 15.9 Å². The fourth-order valence-corrected chi connectivity index (χ4v) is 4.13. The molecule has 0 heterocycles. The molecule has 6 heteroatoms. The largest absolute Gasteiger partial charge is 0.348 e. The highest BCUT2D eigenvalue weighted by molar-refractivity contribution is 7.92. The minimum Gasteiger partial charge on any atom is -0.348 e. The van der Waals surface area contributed by atoms with Crippen LogP contribution in [0, 0.1) is 20.8 Å². The van der Waals surface area contributed by atoms with Crippen LogP contribution in [0.3, 0.4) is 0 Å². The van der Waals surface area contributed by atoms with Gasteiger partial charge in [-0.05, 0) is 67.8 Å². The van der Waals surface area contributed by atoms with Gasteiger partial charge in [-0.2, -0.15) is 0 Å². The Morgan fingerprint density at radius 2 is 1.55 bits per heavy atom. The summed E-state index contributed by atoms with van der Waals surface area (Å²) in [4.78, 5) is 12.5. The van der Waals surface area contributed by atoms with Crippen LogP contribution >= 0.6 is 0 Å². The fraction of sp³-hybridized carbons (Fsp3) is 0.174. The van der Waals surface area contributed by atoms with Crippen molar-refractivity contribution < 1.29 is 13.2 Å². The lowest BCUT2D eigenvalue weighted by atomic mass is 10.1. The average Bonchev–Trinajstić information content (AvgIpc) is 2.69. The van der Waals surface area contributed by atoms with Gasteiger partial charge in [0.05, 0.1) is 10.6 Å². The molecule has 0 bridgehead atoms. The average molecular weight is 409 g/mol. The third-order valence-corrected chi connectivity index (χ3v) is 6.14. The summed E-state index contributed by atoms with van der Waals surface area (Å²) in [6.45, 7) is 6.29. The third kappa shape index (κ3) is 5.03. The van der Waals surface area contributed by atoms with Gasteiger partial charge >= 0.3 is 0 Å². The molecule has 2 N–H and O–H groups in total. The Hall–Kier alpha value is -3.12. The number of nitrogens with one attached hydrogen (secondary N) is 2. The van der Waals surface area contributed by atoms with Crippen LogP contribution in [0.5, 0.6) is 0 Å². The molecular formula is C23H24N2O3S. The first-order valence-electron chi connectivity index (χ1n) is 9.29. The molecule has 1 amide bonds. The number of carbonyl (C=O) groups is 1. The van der Waals surface area contributed by atoms with Crippen LogP contribution < -0.4 is 10.0 Å². The molecule has 3 aromatic rings. The van der Waals surface area contributed by atoms with E-state index in [9.17, 15) is 13.2 Å².